The van der Waals surface area contributed by atoms with Crippen LogP contribution in [0, 0.1) is 0 Å². The highest BCUT2D eigenvalue weighted by Gasteiger charge is 2.50. The van der Waals surface area contributed by atoms with Crippen molar-refractivity contribution >= 4 is 44.3 Å². The van der Waals surface area contributed by atoms with Gasteiger partial charge < -0.3 is 10.0 Å². The molecule has 1 amide bonds. The Morgan fingerprint density at radius 2 is 1.59 bits per heavy atom. The first-order valence-corrected chi connectivity index (χ1v) is 11.6. The van der Waals surface area contributed by atoms with E-state index in [4.69, 9.17) is 5.11 Å². The Morgan fingerprint density at radius 1 is 1.03 bits per heavy atom. The third-order valence-corrected chi connectivity index (χ3v) is 7.90. The van der Waals surface area contributed by atoms with E-state index in [2.05, 4.69) is 4.99 Å². The summed E-state index contributed by atoms with van der Waals surface area (Å²) in [6.07, 6.45) is -11.4. The lowest BCUT2D eigenvalue weighted by Gasteiger charge is -2.26. The zero-order valence-corrected chi connectivity index (χ0v) is 17.4. The van der Waals surface area contributed by atoms with Crippen LogP contribution in [-0.2, 0) is 31.8 Å². The van der Waals surface area contributed by atoms with Gasteiger partial charge in [0, 0.05) is 17.4 Å². The molecule has 15 heteroatoms. The summed E-state index contributed by atoms with van der Waals surface area (Å²) in [6, 6.07) is -0.244. The van der Waals surface area contributed by atoms with E-state index in [-0.39, 0.29) is 11.2 Å². The number of carboxylic acids is 1. The van der Waals surface area contributed by atoms with Crippen LogP contribution in [0.4, 0.5) is 32.0 Å². The molecule has 0 saturated carbocycles. The number of hydrogen-bond acceptors (Lipinski definition) is 5. The maximum Gasteiger partial charge on any atom is 0.416 e. The van der Waals surface area contributed by atoms with Crippen molar-refractivity contribution in [3.8, 4) is 0 Å². The molecule has 1 aromatic rings. The van der Waals surface area contributed by atoms with Gasteiger partial charge in [0.25, 0.3) is 0 Å². The summed E-state index contributed by atoms with van der Waals surface area (Å²) in [5.74, 6) is -3.20. The number of hydrogen-bond donors (Lipinski definition) is 1. The molecule has 176 valence electrons. The highest BCUT2D eigenvalue weighted by molar-refractivity contribution is 8.16. The number of sulfone groups is 1. The fraction of sp³-hybridized carbons (Fsp3) is 0.471. The van der Waals surface area contributed by atoms with Gasteiger partial charge in [-0.05, 0) is 18.2 Å². The number of aliphatic carboxylic acids is 1. The SMILES string of the molecule is O=C(O)CCC(=O)N=C1S[C@H]2CS(=O)(=O)C[C@H]2N1c1cc(C(F)(F)F)cc(C(F)(F)F)c1. The topological polar surface area (TPSA) is 104 Å². The van der Waals surface area contributed by atoms with Gasteiger partial charge in [-0.1, -0.05) is 11.8 Å². The van der Waals surface area contributed by atoms with Crippen molar-refractivity contribution in [1.29, 1.82) is 0 Å². The zero-order chi connectivity index (χ0) is 24.1. The van der Waals surface area contributed by atoms with E-state index >= 15 is 0 Å². The number of rotatable bonds is 4. The highest BCUT2D eigenvalue weighted by Crippen LogP contribution is 2.44. The largest absolute Gasteiger partial charge is 0.481 e. The lowest BCUT2D eigenvalue weighted by molar-refractivity contribution is -0.143. The molecular formula is C17H14F6N2O5S2. The van der Waals surface area contributed by atoms with Crippen molar-refractivity contribution < 1.29 is 49.5 Å². The van der Waals surface area contributed by atoms with Crippen LogP contribution in [0.25, 0.3) is 0 Å². The summed E-state index contributed by atoms with van der Waals surface area (Å²) in [4.78, 5) is 27.2. The number of benzene rings is 1. The van der Waals surface area contributed by atoms with E-state index in [1.54, 1.807) is 0 Å². The third-order valence-electron chi connectivity index (χ3n) is 4.69. The molecule has 0 radical (unpaired) electrons. The van der Waals surface area contributed by atoms with Gasteiger partial charge in [0.2, 0.25) is 5.91 Å². The molecule has 0 unspecified atom stereocenters. The van der Waals surface area contributed by atoms with Crippen LogP contribution < -0.4 is 4.90 Å². The van der Waals surface area contributed by atoms with Crippen LogP contribution in [0.3, 0.4) is 0 Å². The molecule has 0 bridgehead atoms. The van der Waals surface area contributed by atoms with Gasteiger partial charge in [0.15, 0.2) is 15.0 Å². The molecule has 7 nitrogen and oxygen atoms in total. The number of alkyl halides is 6. The molecular weight excluding hydrogens is 490 g/mol. The van der Waals surface area contributed by atoms with Crippen molar-refractivity contribution in [3.63, 3.8) is 0 Å². The average Bonchev–Trinajstić information content (AvgIpc) is 3.08. The fourth-order valence-electron chi connectivity index (χ4n) is 3.32. The van der Waals surface area contributed by atoms with Crippen LogP contribution >= 0.6 is 11.8 Å². The van der Waals surface area contributed by atoms with Gasteiger partial charge in [-0.3, -0.25) is 9.59 Å². The molecule has 3 rings (SSSR count). The summed E-state index contributed by atoms with van der Waals surface area (Å²) in [5, 5.41) is 7.61. The third kappa shape index (κ3) is 5.36. The number of anilines is 1. The number of aliphatic imine (C=N–C) groups is 1. The second kappa shape index (κ2) is 8.24. The Bertz CT molecular complexity index is 1050. The van der Waals surface area contributed by atoms with Crippen molar-refractivity contribution in [2.45, 2.75) is 36.5 Å². The predicted octanol–water partition coefficient (Wildman–Crippen LogP) is 3.19. The normalized spacial score (nSPS) is 24.1. The van der Waals surface area contributed by atoms with Gasteiger partial charge in [0.1, 0.15) is 0 Å². The molecule has 2 heterocycles. The molecule has 32 heavy (non-hydrogen) atoms. The Hall–Kier alpha value is -2.29. The number of fused-ring (bicyclic) bond motifs is 1. The molecule has 0 spiro atoms. The number of amides is 1. The number of carbonyl (C=O) groups excluding carboxylic acids is 1. The van der Waals surface area contributed by atoms with Crippen molar-refractivity contribution in [3.05, 3.63) is 29.3 Å². The summed E-state index contributed by atoms with van der Waals surface area (Å²) in [5.41, 5.74) is -3.82. The summed E-state index contributed by atoms with van der Waals surface area (Å²) in [7, 11) is -3.62. The predicted molar refractivity (Wildman–Crippen MR) is 102 cm³/mol. The summed E-state index contributed by atoms with van der Waals surface area (Å²) < 4.78 is 104. The number of carboxylic acid groups (broad SMARTS) is 1. The van der Waals surface area contributed by atoms with Gasteiger partial charge in [-0.15, -0.1) is 0 Å². The standard InChI is InChI=1S/C17H14F6N2O5S2/c18-16(19,20)8-3-9(17(21,22)23)5-10(4-8)25-11-6-32(29,30)7-12(11)31-15(25)24-13(26)1-2-14(27)28/h3-5,11-12H,1-2,6-7H2,(H,27,28)/t11-,12+/m1/s1. The van der Waals surface area contributed by atoms with Crippen molar-refractivity contribution in [2.24, 2.45) is 4.99 Å². The molecule has 0 aliphatic carbocycles. The number of amidine groups is 1. The van der Waals surface area contributed by atoms with Crippen molar-refractivity contribution in [1.82, 2.24) is 0 Å². The van der Waals surface area contributed by atoms with Crippen LogP contribution in [0.1, 0.15) is 24.0 Å². The lowest BCUT2D eigenvalue weighted by Crippen LogP contribution is -2.38. The van der Waals surface area contributed by atoms with Crippen LogP contribution in [0.2, 0.25) is 0 Å². The second-order valence-electron chi connectivity index (χ2n) is 7.12. The molecule has 2 saturated heterocycles. The number of thioether (sulfide) groups is 1. The molecule has 2 fully saturated rings. The number of carbonyl (C=O) groups is 2. The van der Waals surface area contributed by atoms with E-state index in [9.17, 15) is 44.3 Å². The van der Waals surface area contributed by atoms with E-state index < -0.39 is 86.5 Å². The maximum atomic E-state index is 13.3. The molecule has 1 N–H and O–H groups in total. The zero-order valence-electron chi connectivity index (χ0n) is 15.8. The monoisotopic (exact) mass is 504 g/mol. The smallest absolute Gasteiger partial charge is 0.416 e. The van der Waals surface area contributed by atoms with Crippen molar-refractivity contribution in [2.75, 3.05) is 16.4 Å². The highest BCUT2D eigenvalue weighted by atomic mass is 32.2. The first-order chi connectivity index (χ1) is 14.6. The minimum atomic E-state index is -5.13. The molecule has 2 aliphatic rings. The van der Waals surface area contributed by atoms with Crippen LogP contribution in [0.5, 0.6) is 0 Å². The Kier molecular flexibility index (Phi) is 6.27. The molecule has 2 aliphatic heterocycles. The first kappa shape index (κ1) is 24.4. The molecule has 1 aromatic carbocycles. The van der Waals surface area contributed by atoms with Gasteiger partial charge in [0.05, 0.1) is 35.1 Å². The Labute approximate surface area is 181 Å². The number of nitrogens with zero attached hydrogens (tertiary/aromatic N) is 2. The fourth-order valence-corrected chi connectivity index (χ4v) is 7.25. The Morgan fingerprint density at radius 3 is 2.09 bits per heavy atom. The minimum absolute atomic E-state index is 0.0651. The van der Waals surface area contributed by atoms with Crippen LogP contribution in [0.15, 0.2) is 23.2 Å². The molecule has 2 atom stereocenters. The number of halogens is 6. The summed E-state index contributed by atoms with van der Waals surface area (Å²) in [6.45, 7) is 0. The first-order valence-electron chi connectivity index (χ1n) is 8.86. The lowest BCUT2D eigenvalue weighted by atomic mass is 10.1. The molecule has 0 aromatic heterocycles. The Balaban J connectivity index is 2.11. The second-order valence-corrected chi connectivity index (χ2v) is 10.5. The quantitative estimate of drug-likeness (QED) is 0.628. The van der Waals surface area contributed by atoms with Gasteiger partial charge in [-0.2, -0.15) is 31.3 Å². The summed E-state index contributed by atoms with van der Waals surface area (Å²) >= 11 is 0.742. The van der Waals surface area contributed by atoms with Gasteiger partial charge >= 0.3 is 18.3 Å². The van der Waals surface area contributed by atoms with Gasteiger partial charge in [-0.25, -0.2) is 8.42 Å². The maximum absolute atomic E-state index is 13.3. The average molecular weight is 504 g/mol. The van der Waals surface area contributed by atoms with Crippen LogP contribution in [-0.4, -0.2) is 53.4 Å². The van der Waals surface area contributed by atoms with E-state index in [0.29, 0.717) is 12.1 Å². The van der Waals surface area contributed by atoms with E-state index in [0.717, 1.165) is 16.7 Å². The van der Waals surface area contributed by atoms with E-state index in [1.165, 1.54) is 0 Å². The van der Waals surface area contributed by atoms with E-state index in [1.807, 2.05) is 0 Å². The minimum Gasteiger partial charge on any atom is -0.481 e.